The van der Waals surface area contributed by atoms with Crippen LogP contribution in [-0.4, -0.2) is 31.5 Å². The molecule has 0 saturated heterocycles. The molecule has 0 amide bonds. The van der Waals surface area contributed by atoms with E-state index in [2.05, 4.69) is 5.32 Å². The van der Waals surface area contributed by atoms with E-state index in [1.54, 1.807) is 14.0 Å². The van der Waals surface area contributed by atoms with Crippen LogP contribution in [0.1, 0.15) is 39.0 Å². The number of methoxy groups -OCH3 is 1. The largest absolute Gasteiger partial charge is 0.390 e. The molecule has 0 spiro atoms. The van der Waals surface area contributed by atoms with Gasteiger partial charge in [0.2, 0.25) is 0 Å². The van der Waals surface area contributed by atoms with E-state index in [-0.39, 0.29) is 12.1 Å². The molecule has 16 heavy (non-hydrogen) atoms. The van der Waals surface area contributed by atoms with Crippen molar-refractivity contribution in [1.82, 2.24) is 5.32 Å². The fourth-order valence-electron chi connectivity index (χ4n) is 2.27. The van der Waals surface area contributed by atoms with E-state index in [1.807, 2.05) is 0 Å². The molecule has 1 aliphatic rings. The summed E-state index contributed by atoms with van der Waals surface area (Å²) in [5.74, 6) is 0. The molecule has 0 aromatic heterocycles. The number of hydrogen-bond acceptors (Lipinski definition) is 2. The standard InChI is InChI=1S/C11H20F3NO/c1-8(7-11(12,13)14)15-9-3-5-10(16-2)6-4-9/h8-10,15H,3-7H2,1-2H3. The van der Waals surface area contributed by atoms with Crippen LogP contribution < -0.4 is 5.32 Å². The Labute approximate surface area is 94.5 Å². The second kappa shape index (κ2) is 5.87. The van der Waals surface area contributed by atoms with Crippen molar-refractivity contribution in [1.29, 1.82) is 0 Å². The van der Waals surface area contributed by atoms with Crippen LogP contribution in [0.3, 0.4) is 0 Å². The van der Waals surface area contributed by atoms with E-state index < -0.39 is 18.6 Å². The molecule has 96 valence electrons. The molecule has 0 radical (unpaired) electrons. The van der Waals surface area contributed by atoms with Gasteiger partial charge in [0, 0.05) is 19.2 Å². The van der Waals surface area contributed by atoms with Gasteiger partial charge in [0.15, 0.2) is 0 Å². The quantitative estimate of drug-likeness (QED) is 0.814. The van der Waals surface area contributed by atoms with Crippen LogP contribution in [0.4, 0.5) is 13.2 Å². The number of ether oxygens (including phenoxy) is 1. The molecule has 0 aliphatic heterocycles. The van der Waals surface area contributed by atoms with Crippen molar-refractivity contribution >= 4 is 0 Å². The van der Waals surface area contributed by atoms with Gasteiger partial charge in [0.1, 0.15) is 0 Å². The van der Waals surface area contributed by atoms with E-state index in [9.17, 15) is 13.2 Å². The first-order valence-electron chi connectivity index (χ1n) is 5.76. The van der Waals surface area contributed by atoms with Gasteiger partial charge in [-0.1, -0.05) is 0 Å². The molecular formula is C11H20F3NO. The molecule has 1 unspecified atom stereocenters. The summed E-state index contributed by atoms with van der Waals surface area (Å²) < 4.78 is 41.6. The minimum atomic E-state index is -4.07. The predicted molar refractivity (Wildman–Crippen MR) is 56.3 cm³/mol. The molecule has 0 aromatic carbocycles. The van der Waals surface area contributed by atoms with Crippen molar-refractivity contribution in [2.45, 2.75) is 63.4 Å². The van der Waals surface area contributed by atoms with Gasteiger partial charge in [-0.05, 0) is 32.6 Å². The maximum atomic E-state index is 12.1. The molecule has 1 aliphatic carbocycles. The summed E-state index contributed by atoms with van der Waals surface area (Å²) in [6.45, 7) is 1.59. The smallest absolute Gasteiger partial charge is 0.381 e. The van der Waals surface area contributed by atoms with Crippen molar-refractivity contribution in [3.63, 3.8) is 0 Å². The molecule has 1 N–H and O–H groups in total. The third kappa shape index (κ3) is 5.16. The lowest BCUT2D eigenvalue weighted by molar-refractivity contribution is -0.139. The molecule has 1 atom stereocenters. The summed E-state index contributed by atoms with van der Waals surface area (Å²) in [5, 5.41) is 3.04. The number of alkyl halides is 3. The van der Waals surface area contributed by atoms with E-state index in [0.717, 1.165) is 25.7 Å². The van der Waals surface area contributed by atoms with Crippen LogP contribution >= 0.6 is 0 Å². The Morgan fingerprint density at radius 3 is 2.25 bits per heavy atom. The number of halogens is 3. The third-order valence-corrected chi connectivity index (χ3v) is 3.07. The summed E-state index contributed by atoms with van der Waals surface area (Å²) in [6, 6.07) is -0.284. The Hall–Kier alpha value is -0.290. The molecular weight excluding hydrogens is 219 g/mol. The molecule has 1 saturated carbocycles. The van der Waals surface area contributed by atoms with Gasteiger partial charge in [-0.3, -0.25) is 0 Å². The van der Waals surface area contributed by atoms with Gasteiger partial charge in [-0.25, -0.2) is 0 Å². The predicted octanol–water partition coefficient (Wildman–Crippen LogP) is 2.87. The van der Waals surface area contributed by atoms with Crippen molar-refractivity contribution in [2.24, 2.45) is 0 Å². The van der Waals surface area contributed by atoms with Crippen molar-refractivity contribution in [2.75, 3.05) is 7.11 Å². The van der Waals surface area contributed by atoms with Crippen molar-refractivity contribution in [3.8, 4) is 0 Å². The fraction of sp³-hybridized carbons (Fsp3) is 1.00. The van der Waals surface area contributed by atoms with E-state index >= 15 is 0 Å². The Bertz CT molecular complexity index is 200. The second-order valence-electron chi connectivity index (χ2n) is 4.60. The second-order valence-corrected chi connectivity index (χ2v) is 4.60. The van der Waals surface area contributed by atoms with Gasteiger partial charge in [0.25, 0.3) is 0 Å². The Morgan fingerprint density at radius 1 is 1.25 bits per heavy atom. The topological polar surface area (TPSA) is 21.3 Å². The highest BCUT2D eigenvalue weighted by Gasteiger charge is 2.31. The van der Waals surface area contributed by atoms with Gasteiger partial charge in [-0.2, -0.15) is 13.2 Å². The van der Waals surface area contributed by atoms with Crippen LogP contribution in [-0.2, 0) is 4.74 Å². The summed E-state index contributed by atoms with van der Waals surface area (Å²) in [6.07, 6.45) is -0.856. The molecule has 0 heterocycles. The van der Waals surface area contributed by atoms with Gasteiger partial charge >= 0.3 is 6.18 Å². The highest BCUT2D eigenvalue weighted by Crippen LogP contribution is 2.24. The van der Waals surface area contributed by atoms with Crippen LogP contribution in [0, 0.1) is 0 Å². The van der Waals surface area contributed by atoms with Gasteiger partial charge < -0.3 is 10.1 Å². The summed E-state index contributed by atoms with van der Waals surface area (Å²) in [7, 11) is 1.69. The molecule has 5 heteroatoms. The first-order valence-corrected chi connectivity index (χ1v) is 5.76. The molecule has 2 nitrogen and oxygen atoms in total. The van der Waals surface area contributed by atoms with Crippen molar-refractivity contribution < 1.29 is 17.9 Å². The summed E-state index contributed by atoms with van der Waals surface area (Å²) >= 11 is 0. The first kappa shape index (κ1) is 13.8. The normalized spacial score (nSPS) is 29.1. The van der Waals surface area contributed by atoms with Crippen LogP contribution in [0.15, 0.2) is 0 Å². The SMILES string of the molecule is COC1CCC(NC(C)CC(F)(F)F)CC1. The zero-order valence-corrected chi connectivity index (χ0v) is 9.81. The lowest BCUT2D eigenvalue weighted by Crippen LogP contribution is -2.41. The average Bonchev–Trinajstić information content (AvgIpc) is 2.16. The molecule has 1 fully saturated rings. The highest BCUT2D eigenvalue weighted by atomic mass is 19.4. The minimum absolute atomic E-state index is 0.212. The summed E-state index contributed by atoms with van der Waals surface area (Å²) in [5.41, 5.74) is 0. The highest BCUT2D eigenvalue weighted by molar-refractivity contribution is 4.80. The molecule has 1 rings (SSSR count). The van der Waals surface area contributed by atoms with Crippen LogP contribution in [0.5, 0.6) is 0 Å². The number of rotatable bonds is 4. The van der Waals surface area contributed by atoms with Crippen LogP contribution in [0.2, 0.25) is 0 Å². The third-order valence-electron chi connectivity index (χ3n) is 3.07. The van der Waals surface area contributed by atoms with E-state index in [4.69, 9.17) is 4.74 Å². The summed E-state index contributed by atoms with van der Waals surface area (Å²) in [4.78, 5) is 0. The minimum Gasteiger partial charge on any atom is -0.381 e. The zero-order chi connectivity index (χ0) is 12.2. The lowest BCUT2D eigenvalue weighted by Gasteiger charge is -2.30. The lowest BCUT2D eigenvalue weighted by atomic mass is 9.92. The molecule has 0 bridgehead atoms. The number of nitrogens with one attached hydrogen (secondary N) is 1. The average molecular weight is 239 g/mol. The van der Waals surface area contributed by atoms with Gasteiger partial charge in [-0.15, -0.1) is 0 Å². The maximum absolute atomic E-state index is 12.1. The van der Waals surface area contributed by atoms with E-state index in [1.165, 1.54) is 0 Å². The van der Waals surface area contributed by atoms with Crippen LogP contribution in [0.25, 0.3) is 0 Å². The maximum Gasteiger partial charge on any atom is 0.390 e. The van der Waals surface area contributed by atoms with Crippen molar-refractivity contribution in [3.05, 3.63) is 0 Å². The Balaban J connectivity index is 2.23. The Morgan fingerprint density at radius 2 is 1.81 bits per heavy atom. The molecule has 0 aromatic rings. The van der Waals surface area contributed by atoms with Gasteiger partial charge in [0.05, 0.1) is 12.5 Å². The first-order chi connectivity index (χ1) is 7.40. The zero-order valence-electron chi connectivity index (χ0n) is 9.81. The van der Waals surface area contributed by atoms with E-state index in [0.29, 0.717) is 0 Å². The fourth-order valence-corrected chi connectivity index (χ4v) is 2.27. The number of hydrogen-bond donors (Lipinski definition) is 1. The Kier molecular flexibility index (Phi) is 5.05. The monoisotopic (exact) mass is 239 g/mol.